The lowest BCUT2D eigenvalue weighted by atomic mass is 9.85. The highest BCUT2D eigenvalue weighted by molar-refractivity contribution is 7.98. The molecule has 0 aromatic heterocycles. The summed E-state index contributed by atoms with van der Waals surface area (Å²) >= 11 is 7.81. The van der Waals surface area contributed by atoms with Gasteiger partial charge in [-0.1, -0.05) is 42.0 Å². The number of fused-ring (bicyclic) bond motifs is 1. The number of benzene rings is 1. The normalized spacial score (nSPS) is 21.4. The van der Waals surface area contributed by atoms with E-state index in [4.69, 9.17) is 11.6 Å². The van der Waals surface area contributed by atoms with Crippen molar-refractivity contribution in [2.45, 2.75) is 25.0 Å². The highest BCUT2D eigenvalue weighted by Crippen LogP contribution is 2.34. The number of amides is 3. The summed E-state index contributed by atoms with van der Waals surface area (Å²) in [5, 5.41) is 3.60. The van der Waals surface area contributed by atoms with Crippen molar-refractivity contribution >= 4 is 41.1 Å². The lowest BCUT2D eigenvalue weighted by Crippen LogP contribution is -2.36. The second kappa shape index (κ2) is 9.42. The molecule has 1 aromatic carbocycles. The molecule has 0 saturated carbocycles. The summed E-state index contributed by atoms with van der Waals surface area (Å²) in [4.78, 5) is 38.0. The number of rotatable bonds is 8. The number of carbonyl (C=O) groups excluding carboxylic acids is 3. The number of halogens is 1. The Hall–Kier alpha value is -1.79. The van der Waals surface area contributed by atoms with Crippen LogP contribution in [0.4, 0.5) is 0 Å². The average molecular weight is 407 g/mol. The van der Waals surface area contributed by atoms with Gasteiger partial charge in [-0.3, -0.25) is 19.3 Å². The minimum Gasteiger partial charge on any atom is -0.355 e. The predicted molar refractivity (Wildman–Crippen MR) is 107 cm³/mol. The third kappa shape index (κ3) is 4.93. The Morgan fingerprint density at radius 1 is 1.15 bits per heavy atom. The molecule has 1 heterocycles. The van der Waals surface area contributed by atoms with E-state index in [1.165, 1.54) is 4.90 Å². The second-order valence-electron chi connectivity index (χ2n) is 6.73. The zero-order chi connectivity index (χ0) is 19.2. The molecule has 0 radical (unpaired) electrons. The Morgan fingerprint density at radius 3 is 2.48 bits per heavy atom. The van der Waals surface area contributed by atoms with E-state index in [0.717, 1.165) is 22.1 Å². The van der Waals surface area contributed by atoms with Crippen molar-refractivity contribution in [2.75, 3.05) is 18.8 Å². The minimum atomic E-state index is -0.230. The fraction of sp³-hybridized carbons (Fsp3) is 0.450. The van der Waals surface area contributed by atoms with Crippen LogP contribution < -0.4 is 5.32 Å². The number of nitrogens with zero attached hydrogens (tertiary/aromatic N) is 1. The molecule has 0 spiro atoms. The summed E-state index contributed by atoms with van der Waals surface area (Å²) in [6.07, 6.45) is 5.33. The van der Waals surface area contributed by atoms with Crippen LogP contribution in [0, 0.1) is 11.8 Å². The standard InChI is InChI=1S/C20H23ClN2O3S/c21-17-8-4-1-5-14(17)13-27-12-10-22-18(24)9-11-23-19(25)15-6-2-3-7-16(15)20(23)26/h1-5,8,15-16H,6-7,9-13H2,(H,22,24)/t15-,16+. The highest BCUT2D eigenvalue weighted by Gasteiger charge is 2.46. The molecular weight excluding hydrogens is 384 g/mol. The smallest absolute Gasteiger partial charge is 0.233 e. The van der Waals surface area contributed by atoms with Crippen LogP contribution in [0.3, 0.4) is 0 Å². The number of nitrogens with one attached hydrogen (secondary N) is 1. The number of likely N-dealkylation sites (tertiary alicyclic amines) is 1. The van der Waals surface area contributed by atoms with Gasteiger partial charge in [0.15, 0.2) is 0 Å². The van der Waals surface area contributed by atoms with Gasteiger partial charge < -0.3 is 5.32 Å². The number of thioether (sulfide) groups is 1. The monoisotopic (exact) mass is 406 g/mol. The summed E-state index contributed by atoms with van der Waals surface area (Å²) in [7, 11) is 0. The maximum Gasteiger partial charge on any atom is 0.233 e. The Balaban J connectivity index is 1.34. The molecular formula is C20H23ClN2O3S. The van der Waals surface area contributed by atoms with Gasteiger partial charge in [-0.15, -0.1) is 0 Å². The number of hydrogen-bond acceptors (Lipinski definition) is 4. The van der Waals surface area contributed by atoms with E-state index in [1.54, 1.807) is 11.8 Å². The molecule has 1 aliphatic heterocycles. The highest BCUT2D eigenvalue weighted by atomic mass is 35.5. The van der Waals surface area contributed by atoms with Crippen LogP contribution >= 0.6 is 23.4 Å². The summed E-state index contributed by atoms with van der Waals surface area (Å²) in [5.74, 6) is 0.715. The SMILES string of the molecule is O=C(CCN1C(=O)[C@H]2CC=CC[C@H]2C1=O)NCCSCc1ccccc1Cl. The van der Waals surface area contributed by atoms with Crippen LogP contribution in [0.25, 0.3) is 0 Å². The molecule has 2 aliphatic rings. The Bertz CT molecular complexity index is 726. The maximum atomic E-state index is 12.3. The van der Waals surface area contributed by atoms with E-state index in [1.807, 2.05) is 36.4 Å². The lowest BCUT2D eigenvalue weighted by molar-refractivity contribution is -0.140. The number of carbonyl (C=O) groups is 3. The molecule has 1 fully saturated rings. The van der Waals surface area contributed by atoms with Crippen LogP contribution in [0.15, 0.2) is 36.4 Å². The molecule has 0 unspecified atom stereocenters. The van der Waals surface area contributed by atoms with Crippen molar-refractivity contribution in [2.24, 2.45) is 11.8 Å². The summed E-state index contributed by atoms with van der Waals surface area (Å²) in [6, 6.07) is 7.71. The molecule has 1 aliphatic carbocycles. The van der Waals surface area contributed by atoms with Crippen molar-refractivity contribution in [3.63, 3.8) is 0 Å². The first kappa shape index (κ1) is 20.0. The summed E-state index contributed by atoms with van der Waals surface area (Å²) < 4.78 is 0. The van der Waals surface area contributed by atoms with Gasteiger partial charge in [-0.25, -0.2) is 0 Å². The maximum absolute atomic E-state index is 12.3. The predicted octanol–water partition coefficient (Wildman–Crippen LogP) is 3.03. The lowest BCUT2D eigenvalue weighted by Gasteiger charge is -2.14. The van der Waals surface area contributed by atoms with Crippen molar-refractivity contribution in [3.05, 3.63) is 47.0 Å². The summed E-state index contributed by atoms with van der Waals surface area (Å²) in [6.45, 7) is 0.717. The van der Waals surface area contributed by atoms with E-state index in [0.29, 0.717) is 19.4 Å². The molecule has 7 heteroatoms. The van der Waals surface area contributed by atoms with Crippen LogP contribution in [0.5, 0.6) is 0 Å². The van der Waals surface area contributed by atoms with Crippen LogP contribution in [0.2, 0.25) is 5.02 Å². The van der Waals surface area contributed by atoms with Gasteiger partial charge >= 0.3 is 0 Å². The first-order valence-corrected chi connectivity index (χ1v) is 10.7. The van der Waals surface area contributed by atoms with Gasteiger partial charge in [0, 0.05) is 36.0 Å². The van der Waals surface area contributed by atoms with Crippen LogP contribution in [-0.2, 0) is 20.1 Å². The minimum absolute atomic E-state index is 0.127. The third-order valence-electron chi connectivity index (χ3n) is 4.95. The third-order valence-corrected chi connectivity index (χ3v) is 6.32. The summed E-state index contributed by atoms with van der Waals surface area (Å²) in [5.41, 5.74) is 1.08. The van der Waals surface area contributed by atoms with Gasteiger partial charge in [0.05, 0.1) is 11.8 Å². The van der Waals surface area contributed by atoms with E-state index in [9.17, 15) is 14.4 Å². The second-order valence-corrected chi connectivity index (χ2v) is 8.24. The van der Waals surface area contributed by atoms with Crippen molar-refractivity contribution in [3.8, 4) is 0 Å². The molecule has 2 atom stereocenters. The fourth-order valence-electron chi connectivity index (χ4n) is 3.45. The zero-order valence-corrected chi connectivity index (χ0v) is 16.6. The number of allylic oxidation sites excluding steroid dienone is 2. The molecule has 0 bridgehead atoms. The van der Waals surface area contributed by atoms with E-state index < -0.39 is 0 Å². The van der Waals surface area contributed by atoms with Crippen LogP contribution in [-0.4, -0.2) is 41.5 Å². The van der Waals surface area contributed by atoms with Gasteiger partial charge in [-0.05, 0) is 24.5 Å². The van der Waals surface area contributed by atoms with E-state index in [-0.39, 0.29) is 42.5 Å². The number of imide groups is 1. The first-order valence-electron chi connectivity index (χ1n) is 9.16. The first-order chi connectivity index (χ1) is 13.1. The largest absolute Gasteiger partial charge is 0.355 e. The fourth-order valence-corrected chi connectivity index (χ4v) is 4.60. The van der Waals surface area contributed by atoms with Crippen LogP contribution in [0.1, 0.15) is 24.8 Å². The molecule has 1 aromatic rings. The van der Waals surface area contributed by atoms with Gasteiger partial charge in [0.2, 0.25) is 17.7 Å². The Kier molecular flexibility index (Phi) is 6.96. The van der Waals surface area contributed by atoms with Crippen molar-refractivity contribution in [1.29, 1.82) is 0 Å². The van der Waals surface area contributed by atoms with E-state index in [2.05, 4.69) is 5.32 Å². The molecule has 5 nitrogen and oxygen atoms in total. The molecule has 3 rings (SSSR count). The van der Waals surface area contributed by atoms with Gasteiger partial charge in [-0.2, -0.15) is 11.8 Å². The van der Waals surface area contributed by atoms with E-state index >= 15 is 0 Å². The molecule has 3 amide bonds. The van der Waals surface area contributed by atoms with Crippen molar-refractivity contribution < 1.29 is 14.4 Å². The quantitative estimate of drug-likeness (QED) is 0.409. The average Bonchev–Trinajstić information content (AvgIpc) is 2.92. The molecule has 27 heavy (non-hydrogen) atoms. The number of hydrogen-bond donors (Lipinski definition) is 1. The zero-order valence-electron chi connectivity index (χ0n) is 15.0. The molecule has 1 saturated heterocycles. The Labute approximate surface area is 168 Å². The van der Waals surface area contributed by atoms with Crippen molar-refractivity contribution in [1.82, 2.24) is 10.2 Å². The Morgan fingerprint density at radius 2 is 1.81 bits per heavy atom. The van der Waals surface area contributed by atoms with Gasteiger partial charge in [0.25, 0.3) is 0 Å². The molecule has 1 N–H and O–H groups in total. The topological polar surface area (TPSA) is 66.5 Å². The molecule has 144 valence electrons. The van der Waals surface area contributed by atoms with Gasteiger partial charge in [0.1, 0.15) is 0 Å².